The summed E-state index contributed by atoms with van der Waals surface area (Å²) in [7, 11) is 1.59. The lowest BCUT2D eigenvalue weighted by Gasteiger charge is -2.20. The smallest absolute Gasteiger partial charge is 0.430 e. The zero-order valence-electron chi connectivity index (χ0n) is 13.3. The van der Waals surface area contributed by atoms with Crippen molar-refractivity contribution in [1.29, 1.82) is 0 Å². The van der Waals surface area contributed by atoms with Gasteiger partial charge in [-0.15, -0.1) is 0 Å². The molecule has 1 aliphatic rings. The number of amides is 1. The Labute approximate surface area is 130 Å². The minimum absolute atomic E-state index is 0.381. The van der Waals surface area contributed by atoms with Gasteiger partial charge in [-0.05, 0) is 43.1 Å². The molecule has 0 bridgehead atoms. The van der Waals surface area contributed by atoms with Crippen molar-refractivity contribution in [3.05, 3.63) is 23.8 Å². The fourth-order valence-corrected chi connectivity index (χ4v) is 2.14. The first-order valence-electron chi connectivity index (χ1n) is 7.25. The van der Waals surface area contributed by atoms with Gasteiger partial charge < -0.3 is 14.6 Å². The molecule has 2 rings (SSSR count). The number of aryl methyl sites for hydroxylation is 1. The highest BCUT2D eigenvalue weighted by Gasteiger charge is 2.36. The van der Waals surface area contributed by atoms with Crippen LogP contribution in [0.25, 0.3) is 0 Å². The second-order valence-electron chi connectivity index (χ2n) is 5.67. The highest BCUT2D eigenvalue weighted by atomic mass is 16.6. The summed E-state index contributed by atoms with van der Waals surface area (Å²) in [5.74, 6) is 1.09. The largest absolute Gasteiger partial charge is 0.497 e. The van der Waals surface area contributed by atoms with Gasteiger partial charge in [0.2, 0.25) is 6.23 Å². The van der Waals surface area contributed by atoms with Crippen LogP contribution in [0.1, 0.15) is 19.4 Å². The molecular weight excluding hydrogens is 286 g/mol. The number of carbonyl (C=O) groups is 1. The first-order valence-corrected chi connectivity index (χ1v) is 7.25. The molecule has 7 nitrogen and oxygen atoms in total. The molecule has 1 aromatic carbocycles. The molecule has 0 aromatic heterocycles. The van der Waals surface area contributed by atoms with Gasteiger partial charge in [0, 0.05) is 0 Å². The fraction of sp³-hybridized carbons (Fsp3) is 0.533. The number of nitrogens with zero attached hydrogens (tertiary/aromatic N) is 1. The van der Waals surface area contributed by atoms with Crippen molar-refractivity contribution in [2.45, 2.75) is 33.2 Å². The SMILES string of the molecule is COc1ccc(N2N[C@@H]([C@@H](O)NCC(C)C)OC2=O)c(C)c1. The monoisotopic (exact) mass is 309 g/mol. The van der Waals surface area contributed by atoms with Crippen molar-refractivity contribution in [3.8, 4) is 5.75 Å². The Morgan fingerprint density at radius 1 is 1.50 bits per heavy atom. The summed E-state index contributed by atoms with van der Waals surface area (Å²) in [5, 5.41) is 14.2. The van der Waals surface area contributed by atoms with Crippen LogP contribution in [0.5, 0.6) is 5.75 Å². The highest BCUT2D eigenvalue weighted by molar-refractivity contribution is 5.89. The predicted octanol–water partition coefficient (Wildman–Crippen LogP) is 1.35. The zero-order valence-corrected chi connectivity index (χ0v) is 13.3. The Morgan fingerprint density at radius 2 is 2.23 bits per heavy atom. The summed E-state index contributed by atoms with van der Waals surface area (Å²) in [4.78, 5) is 12.0. The number of cyclic esters (lactones) is 1. The van der Waals surface area contributed by atoms with Crippen LogP contribution in [0, 0.1) is 12.8 Å². The predicted molar refractivity (Wildman–Crippen MR) is 82.5 cm³/mol. The van der Waals surface area contributed by atoms with E-state index in [4.69, 9.17) is 9.47 Å². The molecule has 1 aliphatic heterocycles. The number of hydrogen-bond acceptors (Lipinski definition) is 6. The molecule has 1 aromatic rings. The van der Waals surface area contributed by atoms with E-state index in [0.717, 1.165) is 5.56 Å². The molecule has 1 amide bonds. The normalized spacial score (nSPS) is 19.5. The number of nitrogens with one attached hydrogen (secondary N) is 2. The number of hydrazine groups is 1. The third kappa shape index (κ3) is 3.68. The molecule has 3 N–H and O–H groups in total. The van der Waals surface area contributed by atoms with Gasteiger partial charge >= 0.3 is 6.09 Å². The minimum Gasteiger partial charge on any atom is -0.497 e. The van der Waals surface area contributed by atoms with E-state index in [0.29, 0.717) is 23.9 Å². The van der Waals surface area contributed by atoms with E-state index in [2.05, 4.69) is 10.7 Å². The van der Waals surface area contributed by atoms with E-state index in [9.17, 15) is 9.90 Å². The Kier molecular flexibility index (Phi) is 5.23. The number of anilines is 1. The average molecular weight is 309 g/mol. The van der Waals surface area contributed by atoms with Gasteiger partial charge in [-0.3, -0.25) is 5.32 Å². The van der Waals surface area contributed by atoms with Crippen LogP contribution in [0.2, 0.25) is 0 Å². The summed E-state index contributed by atoms with van der Waals surface area (Å²) in [6, 6.07) is 5.35. The molecule has 0 radical (unpaired) electrons. The maximum Gasteiger partial charge on any atom is 0.430 e. The molecule has 1 saturated heterocycles. The molecule has 7 heteroatoms. The number of aliphatic hydroxyl groups is 1. The van der Waals surface area contributed by atoms with E-state index < -0.39 is 18.5 Å². The van der Waals surface area contributed by atoms with Gasteiger partial charge in [0.05, 0.1) is 12.8 Å². The summed E-state index contributed by atoms with van der Waals surface area (Å²) in [5.41, 5.74) is 4.38. The van der Waals surface area contributed by atoms with E-state index in [1.54, 1.807) is 19.2 Å². The Hall–Kier alpha value is -1.83. The number of ether oxygens (including phenoxy) is 2. The van der Waals surface area contributed by atoms with Crippen molar-refractivity contribution in [2.75, 3.05) is 18.7 Å². The molecule has 1 heterocycles. The molecule has 22 heavy (non-hydrogen) atoms. The molecule has 0 saturated carbocycles. The van der Waals surface area contributed by atoms with Crippen molar-refractivity contribution in [3.63, 3.8) is 0 Å². The second-order valence-corrected chi connectivity index (χ2v) is 5.67. The summed E-state index contributed by atoms with van der Waals surface area (Å²) in [6.45, 7) is 6.55. The third-order valence-electron chi connectivity index (χ3n) is 3.33. The molecule has 0 aliphatic carbocycles. The fourth-order valence-electron chi connectivity index (χ4n) is 2.14. The van der Waals surface area contributed by atoms with Crippen LogP contribution in [0.15, 0.2) is 18.2 Å². The van der Waals surface area contributed by atoms with Crippen LogP contribution < -0.4 is 20.5 Å². The summed E-state index contributed by atoms with van der Waals surface area (Å²) < 4.78 is 10.3. The summed E-state index contributed by atoms with van der Waals surface area (Å²) >= 11 is 0. The molecule has 1 fully saturated rings. The van der Waals surface area contributed by atoms with Crippen molar-refractivity contribution in [2.24, 2.45) is 5.92 Å². The standard InChI is InChI=1S/C15H23N3O4/c1-9(2)8-16-13(19)14-17-18(15(20)22-14)12-6-5-11(21-4)7-10(12)3/h5-7,9,13-14,16-17,19H,8H2,1-4H3/t13-,14-/m1/s1. The number of aliphatic hydroxyl groups excluding tert-OH is 1. The van der Waals surface area contributed by atoms with Crippen LogP contribution in [0.3, 0.4) is 0 Å². The number of hydrogen-bond donors (Lipinski definition) is 3. The third-order valence-corrected chi connectivity index (χ3v) is 3.33. The topological polar surface area (TPSA) is 83.1 Å². The minimum atomic E-state index is -0.977. The van der Waals surface area contributed by atoms with Gasteiger partial charge in [0.15, 0.2) is 6.23 Å². The Morgan fingerprint density at radius 3 is 2.82 bits per heavy atom. The average Bonchev–Trinajstić information content (AvgIpc) is 2.86. The van der Waals surface area contributed by atoms with Crippen molar-refractivity contribution in [1.82, 2.24) is 10.7 Å². The van der Waals surface area contributed by atoms with E-state index in [-0.39, 0.29) is 0 Å². The second kappa shape index (κ2) is 6.95. The Bertz CT molecular complexity index is 536. The molecular formula is C15H23N3O4. The van der Waals surface area contributed by atoms with Crippen LogP contribution in [-0.2, 0) is 4.74 Å². The molecule has 0 unspecified atom stereocenters. The van der Waals surface area contributed by atoms with Crippen LogP contribution in [0.4, 0.5) is 10.5 Å². The maximum absolute atomic E-state index is 12.0. The van der Waals surface area contributed by atoms with Gasteiger partial charge in [-0.25, -0.2) is 9.80 Å². The van der Waals surface area contributed by atoms with Crippen LogP contribution in [-0.4, -0.2) is 37.3 Å². The first kappa shape index (κ1) is 16.5. The first-order chi connectivity index (χ1) is 10.4. The maximum atomic E-state index is 12.0. The van der Waals surface area contributed by atoms with Crippen molar-refractivity contribution >= 4 is 11.8 Å². The van der Waals surface area contributed by atoms with Gasteiger partial charge in [-0.2, -0.15) is 5.43 Å². The lowest BCUT2D eigenvalue weighted by atomic mass is 10.2. The molecule has 122 valence electrons. The molecule has 0 spiro atoms. The zero-order chi connectivity index (χ0) is 16.3. The number of rotatable bonds is 6. The van der Waals surface area contributed by atoms with E-state index in [1.165, 1.54) is 5.01 Å². The lowest BCUT2D eigenvalue weighted by Crippen LogP contribution is -2.49. The van der Waals surface area contributed by atoms with E-state index in [1.807, 2.05) is 26.8 Å². The number of methoxy groups -OCH3 is 1. The summed E-state index contributed by atoms with van der Waals surface area (Å²) in [6.07, 6.45) is -2.36. The lowest BCUT2D eigenvalue weighted by molar-refractivity contribution is -0.00527. The molecule has 2 atom stereocenters. The van der Waals surface area contributed by atoms with Gasteiger partial charge in [0.25, 0.3) is 0 Å². The van der Waals surface area contributed by atoms with Crippen molar-refractivity contribution < 1.29 is 19.4 Å². The highest BCUT2D eigenvalue weighted by Crippen LogP contribution is 2.26. The number of benzene rings is 1. The quantitative estimate of drug-likeness (QED) is 0.688. The Balaban J connectivity index is 2.06. The number of carbonyl (C=O) groups excluding carboxylic acids is 1. The van der Waals surface area contributed by atoms with Crippen LogP contribution >= 0.6 is 0 Å². The van der Waals surface area contributed by atoms with Gasteiger partial charge in [0.1, 0.15) is 5.75 Å². The van der Waals surface area contributed by atoms with Gasteiger partial charge in [-0.1, -0.05) is 13.8 Å². The van der Waals surface area contributed by atoms with E-state index >= 15 is 0 Å².